The molecule has 0 bridgehead atoms. The summed E-state index contributed by atoms with van der Waals surface area (Å²) >= 11 is 0. The maximum absolute atomic E-state index is 12.5. The molecule has 0 aliphatic heterocycles. The van der Waals surface area contributed by atoms with Crippen LogP contribution in [-0.4, -0.2) is 63.4 Å². The third kappa shape index (κ3) is 7.82. The number of aliphatic carboxylic acids is 1. The normalized spacial score (nSPS) is 15.0. The second-order valence-corrected chi connectivity index (χ2v) is 7.60. The first kappa shape index (κ1) is 25.1. The highest BCUT2D eigenvalue weighted by Crippen LogP contribution is 2.08. The Morgan fingerprint density at radius 2 is 1.80 bits per heavy atom. The predicted molar refractivity (Wildman–Crippen MR) is 109 cm³/mol. The highest BCUT2D eigenvalue weighted by atomic mass is 16.4. The first-order chi connectivity index (χ1) is 14.1. The van der Waals surface area contributed by atoms with Crippen molar-refractivity contribution in [3.63, 3.8) is 0 Å². The van der Waals surface area contributed by atoms with Crippen molar-refractivity contribution in [1.29, 1.82) is 0 Å². The van der Waals surface area contributed by atoms with Crippen LogP contribution in [0.2, 0.25) is 0 Å². The van der Waals surface area contributed by atoms with E-state index in [4.69, 9.17) is 5.73 Å². The van der Waals surface area contributed by atoms with E-state index in [1.54, 1.807) is 27.0 Å². The van der Waals surface area contributed by atoms with Crippen molar-refractivity contribution in [2.45, 2.75) is 58.7 Å². The number of rotatable bonds is 12. The van der Waals surface area contributed by atoms with Gasteiger partial charge in [-0.1, -0.05) is 34.1 Å². The molecule has 1 heterocycles. The van der Waals surface area contributed by atoms with Gasteiger partial charge in [0.15, 0.2) is 0 Å². The summed E-state index contributed by atoms with van der Waals surface area (Å²) in [6.07, 6.45) is 3.84. The largest absolute Gasteiger partial charge is 0.480 e. The first-order valence-electron chi connectivity index (χ1n) is 9.89. The highest BCUT2D eigenvalue weighted by Gasteiger charge is 2.28. The van der Waals surface area contributed by atoms with Crippen LogP contribution in [0.15, 0.2) is 12.5 Å². The number of carbonyl (C=O) groups excluding carboxylic acids is 3. The number of hydrogen-bond donors (Lipinski definition) is 6. The minimum Gasteiger partial charge on any atom is -0.480 e. The van der Waals surface area contributed by atoms with Gasteiger partial charge in [-0.2, -0.15) is 0 Å². The first-order valence-corrected chi connectivity index (χ1v) is 9.89. The Labute approximate surface area is 175 Å². The molecule has 4 unspecified atom stereocenters. The van der Waals surface area contributed by atoms with Crippen LogP contribution >= 0.6 is 0 Å². The lowest BCUT2D eigenvalue weighted by molar-refractivity contribution is -0.143. The molecule has 4 atom stereocenters. The molecular weight excluding hydrogens is 392 g/mol. The molecule has 0 radical (unpaired) electrons. The summed E-state index contributed by atoms with van der Waals surface area (Å²) in [4.78, 5) is 54.9. The van der Waals surface area contributed by atoms with Gasteiger partial charge in [-0.15, -0.1) is 0 Å². The van der Waals surface area contributed by atoms with Crippen LogP contribution in [0.25, 0.3) is 0 Å². The van der Waals surface area contributed by atoms with Crippen molar-refractivity contribution >= 4 is 23.7 Å². The number of aromatic nitrogens is 2. The van der Waals surface area contributed by atoms with Crippen LogP contribution in [0.4, 0.5) is 0 Å². The van der Waals surface area contributed by atoms with Gasteiger partial charge in [-0.3, -0.25) is 14.4 Å². The monoisotopic (exact) mass is 424 g/mol. The molecule has 11 heteroatoms. The quantitative estimate of drug-likeness (QED) is 0.253. The van der Waals surface area contributed by atoms with E-state index in [-0.39, 0.29) is 18.3 Å². The number of carbonyl (C=O) groups is 4. The fourth-order valence-corrected chi connectivity index (χ4v) is 2.71. The summed E-state index contributed by atoms with van der Waals surface area (Å²) in [6, 6.07) is -2.82. The molecule has 0 saturated heterocycles. The Balaban J connectivity index is 2.61. The van der Waals surface area contributed by atoms with Crippen molar-refractivity contribution in [3.05, 3.63) is 18.2 Å². The molecule has 7 N–H and O–H groups in total. The second kappa shape index (κ2) is 11.9. The van der Waals surface area contributed by atoms with Crippen LogP contribution in [0.3, 0.4) is 0 Å². The lowest BCUT2D eigenvalue weighted by atomic mass is 9.99. The number of carboxylic acid groups (broad SMARTS) is 1. The molecule has 0 spiro atoms. The molecule has 1 rings (SSSR count). The predicted octanol–water partition coefficient (Wildman–Crippen LogP) is -0.848. The van der Waals surface area contributed by atoms with Gasteiger partial charge in [0.25, 0.3) is 0 Å². The van der Waals surface area contributed by atoms with Crippen LogP contribution in [0, 0.1) is 11.8 Å². The zero-order valence-electron chi connectivity index (χ0n) is 17.8. The van der Waals surface area contributed by atoms with Crippen LogP contribution in [-0.2, 0) is 25.6 Å². The Kier molecular flexibility index (Phi) is 9.96. The van der Waals surface area contributed by atoms with Crippen LogP contribution in [0.5, 0.6) is 0 Å². The lowest BCUT2D eigenvalue weighted by Crippen LogP contribution is -2.55. The van der Waals surface area contributed by atoms with Gasteiger partial charge in [0.1, 0.15) is 12.1 Å². The zero-order valence-corrected chi connectivity index (χ0v) is 17.8. The van der Waals surface area contributed by atoms with E-state index in [2.05, 4.69) is 25.9 Å². The number of nitrogens with two attached hydrogens (primary N) is 1. The average Bonchev–Trinajstić information content (AvgIpc) is 3.19. The maximum atomic E-state index is 12.5. The summed E-state index contributed by atoms with van der Waals surface area (Å²) in [5, 5.41) is 16.7. The summed E-state index contributed by atoms with van der Waals surface area (Å²) < 4.78 is 0. The second-order valence-electron chi connectivity index (χ2n) is 7.60. The van der Waals surface area contributed by atoms with Crippen molar-refractivity contribution in [2.24, 2.45) is 17.6 Å². The maximum Gasteiger partial charge on any atom is 0.326 e. The summed E-state index contributed by atoms with van der Waals surface area (Å²) in [6.45, 7) is 6.62. The number of amides is 3. The van der Waals surface area contributed by atoms with Crippen molar-refractivity contribution < 1.29 is 24.3 Å². The van der Waals surface area contributed by atoms with E-state index in [1.807, 2.05) is 6.92 Å². The van der Waals surface area contributed by atoms with E-state index in [9.17, 15) is 24.3 Å². The van der Waals surface area contributed by atoms with E-state index < -0.39 is 48.4 Å². The zero-order chi connectivity index (χ0) is 22.8. The molecule has 0 aliphatic rings. The van der Waals surface area contributed by atoms with Crippen LogP contribution in [0.1, 0.15) is 39.8 Å². The van der Waals surface area contributed by atoms with Gasteiger partial charge in [-0.25, -0.2) is 9.78 Å². The van der Waals surface area contributed by atoms with Crippen molar-refractivity contribution in [2.75, 3.05) is 6.54 Å². The fraction of sp³-hybridized carbons (Fsp3) is 0.632. The summed E-state index contributed by atoms with van der Waals surface area (Å²) in [7, 11) is 0. The van der Waals surface area contributed by atoms with Gasteiger partial charge in [0.2, 0.25) is 17.7 Å². The van der Waals surface area contributed by atoms with Gasteiger partial charge in [-0.05, 0) is 11.8 Å². The molecule has 0 aromatic carbocycles. The molecule has 1 aromatic rings. The van der Waals surface area contributed by atoms with Crippen molar-refractivity contribution in [3.8, 4) is 0 Å². The molecule has 3 amide bonds. The molecule has 0 fully saturated rings. The topological polar surface area (TPSA) is 179 Å². The van der Waals surface area contributed by atoms with Gasteiger partial charge in [0, 0.05) is 18.3 Å². The number of nitrogens with one attached hydrogen (secondary N) is 4. The fourth-order valence-electron chi connectivity index (χ4n) is 2.71. The van der Waals surface area contributed by atoms with Crippen LogP contribution < -0.4 is 21.7 Å². The minimum atomic E-state index is -1.14. The Morgan fingerprint density at radius 1 is 1.13 bits per heavy atom. The van der Waals surface area contributed by atoms with E-state index in [0.29, 0.717) is 12.1 Å². The molecule has 168 valence electrons. The van der Waals surface area contributed by atoms with E-state index >= 15 is 0 Å². The number of H-pyrrole nitrogens is 1. The van der Waals surface area contributed by atoms with Crippen molar-refractivity contribution in [1.82, 2.24) is 25.9 Å². The number of nitrogens with zero attached hydrogens (tertiary/aromatic N) is 1. The Morgan fingerprint density at radius 3 is 2.30 bits per heavy atom. The number of imidazole rings is 1. The van der Waals surface area contributed by atoms with Gasteiger partial charge in [0.05, 0.1) is 18.9 Å². The lowest BCUT2D eigenvalue weighted by Gasteiger charge is -2.24. The highest BCUT2D eigenvalue weighted by molar-refractivity contribution is 5.92. The van der Waals surface area contributed by atoms with Gasteiger partial charge >= 0.3 is 5.97 Å². The Bertz CT molecular complexity index is 721. The number of aromatic amines is 1. The standard InChI is InChI=1S/C19H32N6O5/c1-5-11(4)16(19(29)30)24-14(26)8-22-18(28)15(10(2)3)25-17(27)13(20)6-12-7-21-9-23-12/h7,9-11,13,15-16H,5-6,8,20H2,1-4H3,(H,21,23)(H,22,28)(H,24,26)(H,25,27)(H,29,30). The van der Waals surface area contributed by atoms with Gasteiger partial charge < -0.3 is 31.8 Å². The minimum absolute atomic E-state index is 0.229. The third-order valence-corrected chi connectivity index (χ3v) is 4.80. The molecule has 0 aliphatic carbocycles. The molecule has 0 saturated carbocycles. The summed E-state index contributed by atoms with van der Waals surface area (Å²) in [5.74, 6) is -3.35. The SMILES string of the molecule is CCC(C)C(NC(=O)CNC(=O)C(NC(=O)C(N)Cc1cnc[nH]1)C(C)C)C(=O)O. The third-order valence-electron chi connectivity index (χ3n) is 4.80. The average molecular weight is 425 g/mol. The molecular formula is C19H32N6O5. The number of hydrogen-bond acceptors (Lipinski definition) is 6. The smallest absolute Gasteiger partial charge is 0.326 e. The summed E-state index contributed by atoms with van der Waals surface area (Å²) in [5.41, 5.74) is 6.58. The van der Waals surface area contributed by atoms with E-state index in [1.165, 1.54) is 6.33 Å². The van der Waals surface area contributed by atoms with E-state index in [0.717, 1.165) is 0 Å². The number of carboxylic acids is 1. The molecule has 30 heavy (non-hydrogen) atoms. The molecule has 11 nitrogen and oxygen atoms in total. The Hall–Kier alpha value is -2.95. The molecule has 1 aromatic heterocycles.